The molecule has 0 spiro atoms. The maximum absolute atomic E-state index is 5.32. The van der Waals surface area contributed by atoms with E-state index >= 15 is 0 Å². The van der Waals surface area contributed by atoms with Gasteiger partial charge in [0.15, 0.2) is 0 Å². The summed E-state index contributed by atoms with van der Waals surface area (Å²) in [5.41, 5.74) is 0. The second kappa shape index (κ2) is 3.56. The van der Waals surface area contributed by atoms with Gasteiger partial charge in [0, 0.05) is 24.4 Å². The number of hydrogen-bond acceptors (Lipinski definition) is 3. The molecular formula is C9H17NOS. The van der Waals surface area contributed by atoms with E-state index in [1.54, 1.807) is 0 Å². The summed E-state index contributed by atoms with van der Waals surface area (Å²) >= 11 is 2.05. The van der Waals surface area contributed by atoms with E-state index in [0.29, 0.717) is 4.75 Å². The molecule has 0 aromatic rings. The molecule has 2 aliphatic rings. The Balaban J connectivity index is 1.77. The smallest absolute Gasteiger partial charge is 0.0594 e. The van der Waals surface area contributed by atoms with Crippen molar-refractivity contribution in [2.45, 2.75) is 17.6 Å². The topological polar surface area (TPSA) is 12.5 Å². The minimum Gasteiger partial charge on any atom is -0.379 e. The van der Waals surface area contributed by atoms with Crippen LogP contribution >= 0.6 is 11.8 Å². The molecule has 0 radical (unpaired) electrons. The fraction of sp³-hybridized carbons (Fsp3) is 1.00. The number of ether oxygens (including phenoxy) is 1. The molecular weight excluding hydrogens is 170 g/mol. The average molecular weight is 187 g/mol. The first-order chi connectivity index (χ1) is 5.85. The molecule has 1 saturated carbocycles. The van der Waals surface area contributed by atoms with Gasteiger partial charge in [-0.05, 0) is 19.1 Å². The van der Waals surface area contributed by atoms with E-state index in [-0.39, 0.29) is 0 Å². The van der Waals surface area contributed by atoms with E-state index in [9.17, 15) is 0 Å². The molecule has 2 fully saturated rings. The highest BCUT2D eigenvalue weighted by molar-refractivity contribution is 8.00. The molecule has 0 atom stereocenters. The van der Waals surface area contributed by atoms with Gasteiger partial charge in [-0.25, -0.2) is 0 Å². The highest BCUT2D eigenvalue weighted by atomic mass is 32.2. The van der Waals surface area contributed by atoms with Gasteiger partial charge < -0.3 is 4.74 Å². The lowest BCUT2D eigenvalue weighted by Crippen LogP contribution is -2.40. The molecule has 1 heterocycles. The van der Waals surface area contributed by atoms with Crippen LogP contribution in [0, 0.1) is 0 Å². The van der Waals surface area contributed by atoms with Crippen LogP contribution < -0.4 is 0 Å². The van der Waals surface area contributed by atoms with Gasteiger partial charge in [0.05, 0.1) is 13.2 Å². The maximum atomic E-state index is 5.32. The Morgan fingerprint density at radius 1 is 1.33 bits per heavy atom. The number of hydrogen-bond donors (Lipinski definition) is 0. The third-order valence-electron chi connectivity index (χ3n) is 2.86. The molecule has 0 aromatic carbocycles. The first kappa shape index (κ1) is 8.85. The minimum atomic E-state index is 0.636. The Morgan fingerprint density at radius 3 is 2.50 bits per heavy atom. The predicted molar refractivity (Wildman–Crippen MR) is 52.7 cm³/mol. The summed E-state index contributed by atoms with van der Waals surface area (Å²) in [6, 6.07) is 0. The van der Waals surface area contributed by atoms with E-state index in [4.69, 9.17) is 4.74 Å². The van der Waals surface area contributed by atoms with Crippen molar-refractivity contribution < 1.29 is 4.74 Å². The fourth-order valence-corrected chi connectivity index (χ4v) is 2.55. The molecule has 2 rings (SSSR count). The Labute approximate surface area is 78.6 Å². The molecule has 0 amide bonds. The zero-order chi connectivity index (χ0) is 8.44. The van der Waals surface area contributed by atoms with Gasteiger partial charge in [0.2, 0.25) is 0 Å². The second-order valence-corrected chi connectivity index (χ2v) is 5.05. The van der Waals surface area contributed by atoms with Crippen molar-refractivity contribution in [3.05, 3.63) is 0 Å². The second-order valence-electron chi connectivity index (χ2n) is 3.78. The summed E-state index contributed by atoms with van der Waals surface area (Å²) in [6.07, 6.45) is 5.09. The molecule has 0 N–H and O–H groups in total. The number of morpholine rings is 1. The van der Waals surface area contributed by atoms with Gasteiger partial charge in [-0.1, -0.05) is 0 Å². The van der Waals surface area contributed by atoms with Gasteiger partial charge in [-0.15, -0.1) is 0 Å². The summed E-state index contributed by atoms with van der Waals surface area (Å²) in [4.78, 5) is 2.55. The molecule has 0 aromatic heterocycles. The van der Waals surface area contributed by atoms with Crippen molar-refractivity contribution in [3.63, 3.8) is 0 Å². The third kappa shape index (κ3) is 1.95. The van der Waals surface area contributed by atoms with Gasteiger partial charge in [-0.3, -0.25) is 4.90 Å². The Bertz CT molecular complexity index is 153. The summed E-state index contributed by atoms with van der Waals surface area (Å²) in [5, 5.41) is 0. The minimum absolute atomic E-state index is 0.636. The molecule has 12 heavy (non-hydrogen) atoms. The maximum Gasteiger partial charge on any atom is 0.0594 e. The van der Waals surface area contributed by atoms with Crippen LogP contribution in [0.15, 0.2) is 0 Å². The lowest BCUT2D eigenvalue weighted by Gasteiger charge is -2.29. The summed E-state index contributed by atoms with van der Waals surface area (Å²) in [7, 11) is 0. The van der Waals surface area contributed by atoms with Crippen LogP contribution in [0.3, 0.4) is 0 Å². The standard InChI is InChI=1S/C9H17NOS/c1-12-9(2-3-9)8-10-4-6-11-7-5-10/h2-8H2,1H3. The van der Waals surface area contributed by atoms with Crippen molar-refractivity contribution in [1.82, 2.24) is 4.90 Å². The third-order valence-corrected chi connectivity index (χ3v) is 4.26. The van der Waals surface area contributed by atoms with Crippen LogP contribution in [0.2, 0.25) is 0 Å². The van der Waals surface area contributed by atoms with Crippen LogP contribution in [0.1, 0.15) is 12.8 Å². The van der Waals surface area contributed by atoms with E-state index in [2.05, 4.69) is 11.2 Å². The normalized spacial score (nSPS) is 28.8. The van der Waals surface area contributed by atoms with Crippen molar-refractivity contribution in [1.29, 1.82) is 0 Å². The van der Waals surface area contributed by atoms with E-state index in [1.165, 1.54) is 19.4 Å². The van der Waals surface area contributed by atoms with E-state index < -0.39 is 0 Å². The highest BCUT2D eigenvalue weighted by Crippen LogP contribution is 2.47. The zero-order valence-corrected chi connectivity index (χ0v) is 8.53. The SMILES string of the molecule is CSC1(CN2CCOCC2)CC1. The molecule has 70 valence electrons. The largest absolute Gasteiger partial charge is 0.379 e. The molecule has 0 bridgehead atoms. The highest BCUT2D eigenvalue weighted by Gasteiger charge is 2.43. The molecule has 1 aliphatic heterocycles. The van der Waals surface area contributed by atoms with E-state index in [0.717, 1.165) is 26.3 Å². The van der Waals surface area contributed by atoms with Crippen molar-refractivity contribution in [3.8, 4) is 0 Å². The Kier molecular flexibility index (Phi) is 2.63. The summed E-state index contributed by atoms with van der Waals surface area (Å²) in [6.45, 7) is 5.44. The fourth-order valence-electron chi connectivity index (χ4n) is 1.73. The van der Waals surface area contributed by atoms with Gasteiger partial charge in [0.25, 0.3) is 0 Å². The lowest BCUT2D eigenvalue weighted by molar-refractivity contribution is 0.0373. The average Bonchev–Trinajstić information content (AvgIpc) is 2.88. The summed E-state index contributed by atoms with van der Waals surface area (Å²) in [5.74, 6) is 0. The quantitative estimate of drug-likeness (QED) is 0.659. The van der Waals surface area contributed by atoms with Crippen LogP contribution in [0.25, 0.3) is 0 Å². The van der Waals surface area contributed by atoms with Crippen molar-refractivity contribution in [2.24, 2.45) is 0 Å². The monoisotopic (exact) mass is 187 g/mol. The predicted octanol–water partition coefficient (Wildman–Crippen LogP) is 1.21. The van der Waals surface area contributed by atoms with Gasteiger partial charge >= 0.3 is 0 Å². The number of nitrogens with zero attached hydrogens (tertiary/aromatic N) is 1. The van der Waals surface area contributed by atoms with Gasteiger partial charge in [-0.2, -0.15) is 11.8 Å². The van der Waals surface area contributed by atoms with Crippen molar-refractivity contribution in [2.75, 3.05) is 39.1 Å². The first-order valence-electron chi connectivity index (χ1n) is 4.70. The first-order valence-corrected chi connectivity index (χ1v) is 5.92. The zero-order valence-electron chi connectivity index (χ0n) is 7.71. The van der Waals surface area contributed by atoms with Gasteiger partial charge in [0.1, 0.15) is 0 Å². The molecule has 1 saturated heterocycles. The molecule has 2 nitrogen and oxygen atoms in total. The van der Waals surface area contributed by atoms with Crippen molar-refractivity contribution >= 4 is 11.8 Å². The molecule has 3 heteroatoms. The van der Waals surface area contributed by atoms with Crippen LogP contribution in [-0.2, 0) is 4.74 Å². The van der Waals surface area contributed by atoms with Crippen LogP contribution in [0.4, 0.5) is 0 Å². The van der Waals surface area contributed by atoms with Crippen LogP contribution in [0.5, 0.6) is 0 Å². The Morgan fingerprint density at radius 2 is 2.00 bits per heavy atom. The van der Waals surface area contributed by atoms with E-state index in [1.807, 2.05) is 11.8 Å². The number of thioether (sulfide) groups is 1. The molecule has 1 aliphatic carbocycles. The lowest BCUT2D eigenvalue weighted by atomic mass is 10.3. The van der Waals surface area contributed by atoms with Crippen LogP contribution in [-0.4, -0.2) is 48.8 Å². The number of rotatable bonds is 3. The summed E-state index contributed by atoms with van der Waals surface area (Å²) < 4.78 is 5.96. The Hall–Kier alpha value is 0.270. The molecule has 0 unspecified atom stereocenters.